The van der Waals surface area contributed by atoms with Crippen molar-refractivity contribution in [1.29, 1.82) is 0 Å². The molecule has 0 aromatic rings. The summed E-state index contributed by atoms with van der Waals surface area (Å²) in [6.07, 6.45) is 1.97. The van der Waals surface area contributed by atoms with Crippen LogP contribution in [0.15, 0.2) is 0 Å². The normalized spacial score (nSPS) is 25.7. The third-order valence-electron chi connectivity index (χ3n) is 2.23. The van der Waals surface area contributed by atoms with Gasteiger partial charge in [0.2, 0.25) is 0 Å². The fourth-order valence-electron chi connectivity index (χ4n) is 1.73. The predicted molar refractivity (Wildman–Crippen MR) is 35.0 cm³/mol. The van der Waals surface area contributed by atoms with Crippen LogP contribution < -0.4 is 0 Å². The smallest absolute Gasteiger partial charge is 0.0509 e. The van der Waals surface area contributed by atoms with E-state index in [1.54, 1.807) is 0 Å². The summed E-state index contributed by atoms with van der Waals surface area (Å²) in [4.78, 5) is 0. The Labute approximate surface area is 55.5 Å². The largest absolute Gasteiger partial charge is 0.396 e. The van der Waals surface area contributed by atoms with E-state index in [4.69, 9.17) is 10.2 Å². The quantitative estimate of drug-likeness (QED) is 0.567. The molecule has 2 heteroatoms. The lowest BCUT2D eigenvalue weighted by Crippen LogP contribution is -2.42. The predicted octanol–water partition coefficient (Wildman–Crippen LogP) is 0.387. The van der Waals surface area contributed by atoms with Crippen molar-refractivity contribution < 1.29 is 10.2 Å². The lowest BCUT2D eigenvalue weighted by atomic mass is 9.64. The molecule has 1 rings (SSSR count). The second-order valence-electron chi connectivity index (χ2n) is 3.33. The summed E-state index contributed by atoms with van der Waals surface area (Å²) >= 11 is 0. The second kappa shape index (κ2) is 2.27. The van der Waals surface area contributed by atoms with Crippen molar-refractivity contribution in [2.75, 3.05) is 13.2 Å². The van der Waals surface area contributed by atoms with Crippen LogP contribution in [0.3, 0.4) is 0 Å². The lowest BCUT2D eigenvalue weighted by molar-refractivity contribution is -0.0426. The fourth-order valence-corrected chi connectivity index (χ4v) is 1.73. The van der Waals surface area contributed by atoms with Crippen molar-refractivity contribution in [3.8, 4) is 0 Å². The molecule has 0 spiro atoms. The summed E-state index contributed by atoms with van der Waals surface area (Å²) < 4.78 is 0. The van der Waals surface area contributed by atoms with Gasteiger partial charge < -0.3 is 10.2 Å². The van der Waals surface area contributed by atoms with Gasteiger partial charge in [-0.05, 0) is 18.8 Å². The monoisotopic (exact) mass is 130 g/mol. The van der Waals surface area contributed by atoms with Crippen molar-refractivity contribution in [2.45, 2.75) is 19.8 Å². The molecular weight excluding hydrogens is 116 g/mol. The van der Waals surface area contributed by atoms with Crippen LogP contribution in [0.2, 0.25) is 0 Å². The number of hydrogen-bond acceptors (Lipinski definition) is 2. The lowest BCUT2D eigenvalue weighted by Gasteiger charge is -2.43. The molecule has 0 aromatic carbocycles. The molecule has 0 unspecified atom stereocenters. The van der Waals surface area contributed by atoms with E-state index in [0.29, 0.717) is 5.92 Å². The molecule has 0 amide bonds. The molecule has 9 heavy (non-hydrogen) atoms. The van der Waals surface area contributed by atoms with Gasteiger partial charge in [-0.15, -0.1) is 0 Å². The van der Waals surface area contributed by atoms with Gasteiger partial charge in [-0.3, -0.25) is 0 Å². The van der Waals surface area contributed by atoms with Crippen molar-refractivity contribution in [3.05, 3.63) is 0 Å². The maximum Gasteiger partial charge on any atom is 0.0509 e. The molecule has 0 saturated heterocycles. The average Bonchev–Trinajstić information content (AvgIpc) is 1.81. The molecule has 0 bridgehead atoms. The summed E-state index contributed by atoms with van der Waals surface area (Å²) in [5.41, 5.74) is -0.112. The zero-order valence-corrected chi connectivity index (χ0v) is 5.80. The first-order valence-corrected chi connectivity index (χ1v) is 3.44. The molecule has 1 fully saturated rings. The van der Waals surface area contributed by atoms with Crippen LogP contribution in [0.25, 0.3) is 0 Å². The molecule has 0 radical (unpaired) electrons. The highest BCUT2D eigenvalue weighted by Crippen LogP contribution is 2.44. The van der Waals surface area contributed by atoms with Crippen LogP contribution in [-0.4, -0.2) is 23.4 Å². The van der Waals surface area contributed by atoms with Crippen molar-refractivity contribution >= 4 is 0 Å². The first-order valence-electron chi connectivity index (χ1n) is 3.44. The van der Waals surface area contributed by atoms with Crippen LogP contribution in [0, 0.1) is 11.3 Å². The Bertz CT molecular complexity index is 89.1. The molecule has 0 aromatic heterocycles. The minimum atomic E-state index is -0.112. The maximum absolute atomic E-state index is 8.79. The topological polar surface area (TPSA) is 40.5 Å². The highest BCUT2D eigenvalue weighted by molar-refractivity contribution is 4.90. The Morgan fingerprint density at radius 1 is 1.33 bits per heavy atom. The summed E-state index contributed by atoms with van der Waals surface area (Å²) in [5, 5.41) is 17.6. The van der Waals surface area contributed by atoms with Gasteiger partial charge in [0, 0.05) is 5.41 Å². The Morgan fingerprint density at radius 3 is 1.89 bits per heavy atom. The van der Waals surface area contributed by atoms with Crippen molar-refractivity contribution in [3.63, 3.8) is 0 Å². The van der Waals surface area contributed by atoms with Gasteiger partial charge in [-0.1, -0.05) is 6.92 Å². The summed E-state index contributed by atoms with van der Waals surface area (Å²) in [6.45, 7) is 2.44. The zero-order chi connectivity index (χ0) is 6.91. The van der Waals surface area contributed by atoms with E-state index in [1.807, 2.05) is 0 Å². The van der Waals surface area contributed by atoms with E-state index < -0.39 is 0 Å². The van der Waals surface area contributed by atoms with Crippen molar-refractivity contribution in [1.82, 2.24) is 0 Å². The fraction of sp³-hybridized carbons (Fsp3) is 1.00. The minimum Gasteiger partial charge on any atom is -0.396 e. The first kappa shape index (κ1) is 7.03. The third-order valence-corrected chi connectivity index (χ3v) is 2.23. The van der Waals surface area contributed by atoms with E-state index in [2.05, 4.69) is 6.92 Å². The van der Waals surface area contributed by atoms with Crippen LogP contribution >= 0.6 is 0 Å². The van der Waals surface area contributed by atoms with Gasteiger partial charge in [0.25, 0.3) is 0 Å². The van der Waals surface area contributed by atoms with Gasteiger partial charge in [0.05, 0.1) is 13.2 Å². The van der Waals surface area contributed by atoms with Crippen LogP contribution in [0.4, 0.5) is 0 Å². The average molecular weight is 130 g/mol. The SMILES string of the molecule is CC1CC(CO)(CO)C1. The Morgan fingerprint density at radius 2 is 1.78 bits per heavy atom. The molecule has 1 saturated carbocycles. The highest BCUT2D eigenvalue weighted by atomic mass is 16.3. The van der Waals surface area contributed by atoms with Crippen LogP contribution in [0.1, 0.15) is 19.8 Å². The highest BCUT2D eigenvalue weighted by Gasteiger charge is 2.40. The molecule has 1 aliphatic rings. The van der Waals surface area contributed by atoms with Gasteiger partial charge in [-0.2, -0.15) is 0 Å². The number of rotatable bonds is 2. The summed E-state index contributed by atoms with van der Waals surface area (Å²) in [6, 6.07) is 0. The summed E-state index contributed by atoms with van der Waals surface area (Å²) in [5.74, 6) is 0.698. The minimum absolute atomic E-state index is 0.112. The molecule has 54 valence electrons. The molecular formula is C7H14O2. The van der Waals surface area contributed by atoms with Crippen LogP contribution in [-0.2, 0) is 0 Å². The first-order chi connectivity index (χ1) is 4.22. The van der Waals surface area contributed by atoms with E-state index >= 15 is 0 Å². The molecule has 0 heterocycles. The van der Waals surface area contributed by atoms with E-state index in [9.17, 15) is 0 Å². The van der Waals surface area contributed by atoms with E-state index in [-0.39, 0.29) is 18.6 Å². The summed E-state index contributed by atoms with van der Waals surface area (Å²) in [7, 11) is 0. The molecule has 2 N–H and O–H groups in total. The van der Waals surface area contributed by atoms with Gasteiger partial charge >= 0.3 is 0 Å². The van der Waals surface area contributed by atoms with Crippen LogP contribution in [0.5, 0.6) is 0 Å². The standard InChI is InChI=1S/C7H14O2/c1-6-2-7(3-6,4-8)5-9/h6,8-9H,2-5H2,1H3. The molecule has 1 aliphatic carbocycles. The van der Waals surface area contributed by atoms with E-state index in [1.165, 1.54) is 0 Å². The third kappa shape index (κ3) is 1.10. The van der Waals surface area contributed by atoms with Gasteiger partial charge in [0.1, 0.15) is 0 Å². The molecule has 0 aliphatic heterocycles. The van der Waals surface area contributed by atoms with Gasteiger partial charge in [-0.25, -0.2) is 0 Å². The second-order valence-corrected chi connectivity index (χ2v) is 3.33. The number of hydrogen-bond donors (Lipinski definition) is 2. The molecule has 0 atom stereocenters. The number of aliphatic hydroxyl groups is 2. The zero-order valence-electron chi connectivity index (χ0n) is 5.80. The van der Waals surface area contributed by atoms with Crippen molar-refractivity contribution in [2.24, 2.45) is 11.3 Å². The van der Waals surface area contributed by atoms with Gasteiger partial charge in [0.15, 0.2) is 0 Å². The Kier molecular flexibility index (Phi) is 1.78. The maximum atomic E-state index is 8.79. The Balaban J connectivity index is 2.36. The molecule has 2 nitrogen and oxygen atoms in total. The van der Waals surface area contributed by atoms with E-state index in [0.717, 1.165) is 12.8 Å². The number of aliphatic hydroxyl groups excluding tert-OH is 2. The Hall–Kier alpha value is -0.0800.